The van der Waals surface area contributed by atoms with Crippen molar-refractivity contribution in [3.8, 4) is 0 Å². The van der Waals surface area contributed by atoms with Crippen LogP contribution in [0.1, 0.15) is 39.0 Å². The van der Waals surface area contributed by atoms with Crippen LogP contribution in [0.15, 0.2) is 0 Å². The van der Waals surface area contributed by atoms with E-state index in [0.29, 0.717) is 6.42 Å². The molecule has 0 aromatic carbocycles. The zero-order valence-electron chi connectivity index (χ0n) is 10.1. The summed E-state index contributed by atoms with van der Waals surface area (Å²) in [4.78, 5) is 22.3. The molecule has 0 aromatic rings. The first-order valence-corrected chi connectivity index (χ1v) is 6.84. The molecule has 0 aliphatic rings. The van der Waals surface area contributed by atoms with Crippen LogP contribution in [0.5, 0.6) is 0 Å². The van der Waals surface area contributed by atoms with E-state index in [1.807, 2.05) is 6.92 Å². The molecule has 0 aromatic heterocycles. The number of hydrogen-bond donors (Lipinski definition) is 1. The van der Waals surface area contributed by atoms with E-state index < -0.39 is 21.6 Å². The molecule has 1 N–H and O–H groups in total. The van der Waals surface area contributed by atoms with Gasteiger partial charge in [-0.2, -0.15) is 0 Å². The van der Waals surface area contributed by atoms with E-state index >= 15 is 0 Å². The maximum absolute atomic E-state index is 11.7. The van der Waals surface area contributed by atoms with Crippen molar-refractivity contribution in [2.75, 3.05) is 6.61 Å². The lowest BCUT2D eigenvalue weighted by Crippen LogP contribution is -2.25. The lowest BCUT2D eigenvalue weighted by Gasteiger charge is -2.16. The summed E-state index contributed by atoms with van der Waals surface area (Å²) < 4.78 is 3.13. The Morgan fingerprint density at radius 2 is 1.89 bits per heavy atom. The minimum Gasteiger partial charge on any atom is -0.481 e. The third kappa shape index (κ3) is 9.80. The molecule has 0 amide bonds. The third-order valence-electron chi connectivity index (χ3n) is 2.29. The van der Waals surface area contributed by atoms with E-state index in [2.05, 4.69) is 0 Å². The van der Waals surface area contributed by atoms with Gasteiger partial charge in [-0.3, -0.25) is 9.59 Å². The Balaban J connectivity index is 4.26. The van der Waals surface area contributed by atoms with Crippen molar-refractivity contribution in [1.29, 1.82) is 0 Å². The number of rotatable bonds is 8. The average Bonchev–Trinajstić information content (AvgIpc) is 2.23. The second-order valence-corrected chi connectivity index (χ2v) is 6.53. The average molecular weight is 320 g/mol. The molecule has 0 radical (unpaired) electrons. The van der Waals surface area contributed by atoms with Gasteiger partial charge in [0.25, 0.3) is 0 Å². The van der Waals surface area contributed by atoms with Gasteiger partial charge in [-0.1, -0.05) is 61.0 Å². The Morgan fingerprint density at radius 3 is 2.33 bits per heavy atom. The fraction of sp³-hybridized carbons (Fsp3) is 0.818. The highest BCUT2D eigenvalue weighted by Gasteiger charge is 2.27. The quantitative estimate of drug-likeness (QED) is 0.422. The molecule has 0 spiro atoms. The first kappa shape index (κ1) is 17.8. The SMILES string of the molecule is CCCCC[C@H](CC(=O)O)C(=O)OCC(Cl)(Cl)Cl. The van der Waals surface area contributed by atoms with E-state index in [1.54, 1.807) is 0 Å². The van der Waals surface area contributed by atoms with Crippen LogP contribution in [-0.4, -0.2) is 27.4 Å². The second-order valence-electron chi connectivity index (χ2n) is 4.01. The zero-order valence-corrected chi connectivity index (χ0v) is 12.4. The van der Waals surface area contributed by atoms with Gasteiger partial charge in [0.2, 0.25) is 3.79 Å². The van der Waals surface area contributed by atoms with Gasteiger partial charge in [0.05, 0.1) is 12.3 Å². The minimum absolute atomic E-state index is 0.262. The fourth-order valence-electron chi connectivity index (χ4n) is 1.43. The topological polar surface area (TPSA) is 63.6 Å². The zero-order chi connectivity index (χ0) is 14.2. The standard InChI is InChI=1S/C11H17Cl3O4/c1-2-3-4-5-8(6-9(15)16)10(17)18-7-11(12,13)14/h8H,2-7H2,1H3,(H,15,16)/t8-/m1/s1. The second kappa shape index (κ2) is 8.83. The number of aliphatic carboxylic acids is 1. The number of esters is 1. The van der Waals surface area contributed by atoms with Crippen molar-refractivity contribution in [2.24, 2.45) is 5.92 Å². The third-order valence-corrected chi connectivity index (χ3v) is 2.62. The van der Waals surface area contributed by atoms with Gasteiger partial charge in [-0.25, -0.2) is 0 Å². The van der Waals surface area contributed by atoms with Gasteiger partial charge >= 0.3 is 11.9 Å². The predicted octanol–water partition coefficient (Wildman–Crippen LogP) is 3.57. The molecule has 0 saturated carbocycles. The number of carbonyl (C=O) groups excluding carboxylic acids is 1. The van der Waals surface area contributed by atoms with Gasteiger partial charge in [-0.05, 0) is 6.42 Å². The Bertz CT molecular complexity index is 276. The normalized spacial score (nSPS) is 13.1. The van der Waals surface area contributed by atoms with Crippen molar-refractivity contribution in [3.05, 3.63) is 0 Å². The summed E-state index contributed by atoms with van der Waals surface area (Å²) in [5.74, 6) is -2.34. The molecule has 106 valence electrons. The summed E-state index contributed by atoms with van der Waals surface area (Å²) in [6.45, 7) is 1.65. The van der Waals surface area contributed by atoms with Crippen LogP contribution in [0.2, 0.25) is 0 Å². The maximum atomic E-state index is 11.7. The van der Waals surface area contributed by atoms with E-state index in [4.69, 9.17) is 44.6 Å². The lowest BCUT2D eigenvalue weighted by molar-refractivity contribution is -0.153. The number of ether oxygens (including phenoxy) is 1. The monoisotopic (exact) mass is 318 g/mol. The number of halogens is 3. The van der Waals surface area contributed by atoms with E-state index in [-0.39, 0.29) is 13.0 Å². The van der Waals surface area contributed by atoms with E-state index in [0.717, 1.165) is 19.3 Å². The smallest absolute Gasteiger partial charge is 0.309 e. The van der Waals surface area contributed by atoms with Crippen molar-refractivity contribution in [2.45, 2.75) is 42.8 Å². The first-order valence-electron chi connectivity index (χ1n) is 5.71. The fourth-order valence-corrected chi connectivity index (χ4v) is 1.59. The molecular formula is C11H17Cl3O4. The lowest BCUT2D eigenvalue weighted by atomic mass is 9.98. The molecule has 4 nitrogen and oxygen atoms in total. The summed E-state index contributed by atoms with van der Waals surface area (Å²) in [6, 6.07) is 0. The van der Waals surface area contributed by atoms with Crippen LogP contribution in [0, 0.1) is 5.92 Å². The van der Waals surface area contributed by atoms with Crippen LogP contribution in [0.4, 0.5) is 0 Å². The number of hydrogen-bond acceptors (Lipinski definition) is 3. The van der Waals surface area contributed by atoms with Crippen molar-refractivity contribution < 1.29 is 19.4 Å². The molecule has 0 fully saturated rings. The summed E-state index contributed by atoms with van der Waals surface area (Å²) >= 11 is 16.4. The molecule has 0 heterocycles. The van der Waals surface area contributed by atoms with E-state index in [9.17, 15) is 9.59 Å². The Hall–Kier alpha value is -0.190. The highest BCUT2D eigenvalue weighted by atomic mass is 35.6. The maximum Gasteiger partial charge on any atom is 0.309 e. The number of carboxylic acid groups (broad SMARTS) is 1. The van der Waals surface area contributed by atoms with Crippen LogP contribution < -0.4 is 0 Å². The molecule has 0 bridgehead atoms. The van der Waals surface area contributed by atoms with Crippen LogP contribution in [0.3, 0.4) is 0 Å². The first-order chi connectivity index (χ1) is 8.26. The number of unbranched alkanes of at least 4 members (excludes halogenated alkanes) is 2. The summed E-state index contributed by atoms with van der Waals surface area (Å²) in [7, 11) is 0. The number of carbonyl (C=O) groups is 2. The Morgan fingerprint density at radius 1 is 1.28 bits per heavy atom. The number of alkyl halides is 3. The van der Waals surface area contributed by atoms with Gasteiger partial charge in [-0.15, -0.1) is 0 Å². The summed E-state index contributed by atoms with van der Waals surface area (Å²) in [5, 5.41) is 8.73. The predicted molar refractivity (Wildman–Crippen MR) is 71.1 cm³/mol. The molecule has 0 aliphatic heterocycles. The largest absolute Gasteiger partial charge is 0.481 e. The van der Waals surface area contributed by atoms with E-state index in [1.165, 1.54) is 0 Å². The van der Waals surface area contributed by atoms with Crippen molar-refractivity contribution in [1.82, 2.24) is 0 Å². The molecule has 7 heteroatoms. The number of carboxylic acids is 1. The van der Waals surface area contributed by atoms with Crippen LogP contribution in [0.25, 0.3) is 0 Å². The molecule has 0 rings (SSSR count). The molecule has 0 aliphatic carbocycles. The molecule has 0 unspecified atom stereocenters. The highest BCUT2D eigenvalue weighted by molar-refractivity contribution is 6.67. The van der Waals surface area contributed by atoms with Crippen molar-refractivity contribution in [3.63, 3.8) is 0 Å². The minimum atomic E-state index is -1.67. The van der Waals surface area contributed by atoms with Crippen molar-refractivity contribution >= 4 is 46.7 Å². The Labute approximate surface area is 122 Å². The van der Waals surface area contributed by atoms with Gasteiger partial charge in [0.15, 0.2) is 0 Å². The van der Waals surface area contributed by atoms with Gasteiger partial charge in [0, 0.05) is 0 Å². The molecule has 18 heavy (non-hydrogen) atoms. The van der Waals surface area contributed by atoms with Crippen LogP contribution in [-0.2, 0) is 14.3 Å². The summed E-state index contributed by atoms with van der Waals surface area (Å²) in [6.07, 6.45) is 2.91. The molecule has 0 saturated heterocycles. The van der Waals surface area contributed by atoms with Crippen LogP contribution >= 0.6 is 34.8 Å². The van der Waals surface area contributed by atoms with Gasteiger partial charge < -0.3 is 9.84 Å². The Kier molecular flexibility index (Phi) is 8.74. The van der Waals surface area contributed by atoms with Gasteiger partial charge in [0.1, 0.15) is 6.61 Å². The molecular weight excluding hydrogens is 302 g/mol. The summed E-state index contributed by atoms with van der Waals surface area (Å²) in [5.41, 5.74) is 0. The highest BCUT2D eigenvalue weighted by Crippen LogP contribution is 2.27. The molecule has 1 atom stereocenters.